The maximum atomic E-state index is 11.6. The van der Waals surface area contributed by atoms with Crippen molar-refractivity contribution in [1.82, 2.24) is 15.6 Å². The molecule has 23 heteroatoms. The molecule has 5 aromatic carbocycles. The Bertz CT molecular complexity index is 3360. The van der Waals surface area contributed by atoms with Gasteiger partial charge >= 0.3 is 30.9 Å². The molecule has 0 saturated carbocycles. The predicted octanol–water partition coefficient (Wildman–Crippen LogP) is 11.9. The number of Topliss-reactive ketones (excluding diaryl/α,β-unsaturated/α-hetero) is 1. The van der Waals surface area contributed by atoms with Gasteiger partial charge in [-0.2, -0.15) is 15.6 Å². The molecule has 0 aliphatic heterocycles. The fourth-order valence-electron chi connectivity index (χ4n) is 7.04. The number of rotatable bonds is 8. The van der Waals surface area contributed by atoms with E-state index < -0.39 is 18.0 Å². The number of thiophene rings is 5. The Balaban J connectivity index is 0.000000330. The number of carbonyl (C=O) groups excluding carboxylic acids is 4. The van der Waals surface area contributed by atoms with Gasteiger partial charge in [0.15, 0.2) is 5.78 Å². The van der Waals surface area contributed by atoms with E-state index in [1.54, 1.807) is 77.5 Å². The van der Waals surface area contributed by atoms with Gasteiger partial charge in [0.25, 0.3) is 5.91 Å². The third kappa shape index (κ3) is 19.0. The van der Waals surface area contributed by atoms with Gasteiger partial charge in [-0.3, -0.25) is 19.6 Å². The maximum absolute atomic E-state index is 11.6. The van der Waals surface area contributed by atoms with E-state index in [2.05, 4.69) is 46.9 Å². The first kappa shape index (κ1) is 68.4. The predicted molar refractivity (Wildman–Crippen MR) is 324 cm³/mol. The molecule has 5 aromatic heterocycles. The van der Waals surface area contributed by atoms with Gasteiger partial charge in [0.2, 0.25) is 0 Å². The first-order valence-electron chi connectivity index (χ1n) is 23.0. The summed E-state index contributed by atoms with van der Waals surface area (Å²) in [7, 11) is 0. The molecule has 408 valence electrons. The molecule has 3 unspecified atom stereocenters. The number of benzene rings is 5. The minimum absolute atomic E-state index is 0. The van der Waals surface area contributed by atoms with Crippen LogP contribution >= 0.6 is 80.7 Å². The molecular weight excluding hydrogens is 1200 g/mol. The minimum Gasteiger partial charge on any atom is -0.870 e. The van der Waals surface area contributed by atoms with Crippen LogP contribution < -0.4 is 36.0 Å². The normalized spacial score (nSPS) is 11.5. The zero-order valence-corrected chi connectivity index (χ0v) is 50.3. The summed E-state index contributed by atoms with van der Waals surface area (Å²) in [6, 6.07) is 48.8. The van der Waals surface area contributed by atoms with Crippen molar-refractivity contribution in [2.45, 2.75) is 66.6 Å². The number of hydroxylamine groups is 5. The number of hydrogen-bond donors (Lipinski definition) is 7. The minimum atomic E-state index is -0.843. The summed E-state index contributed by atoms with van der Waals surface area (Å²) in [5.41, 5.74) is 7.93. The molecule has 0 saturated heterocycles. The van der Waals surface area contributed by atoms with Crippen LogP contribution in [-0.4, -0.2) is 65.8 Å². The second-order valence-electron chi connectivity index (χ2n) is 16.4. The van der Waals surface area contributed by atoms with Crippen LogP contribution in [-0.2, 0) is 14.4 Å². The van der Waals surface area contributed by atoms with Crippen LogP contribution in [0.15, 0.2) is 157 Å². The number of halogens is 1. The third-order valence-corrected chi connectivity index (χ3v) is 17.3. The van der Waals surface area contributed by atoms with Gasteiger partial charge in [0, 0.05) is 52.0 Å². The van der Waals surface area contributed by atoms with E-state index in [-0.39, 0.29) is 72.1 Å². The molecule has 3 amide bonds. The fraction of sp³-hybridized carbons (Fsp3) is 0.182. The maximum Gasteiger partial charge on any atom is 1.00 e. The number of hydrogen-bond acceptors (Lipinski definition) is 18. The average Bonchev–Trinajstić information content (AvgIpc) is 4.30. The summed E-state index contributed by atoms with van der Waals surface area (Å²) >= 11 is 8.04. The standard InChI is InChI=1S/C14H15NO3S.C11H12N2O2S.C10H11NOS.C10H9NOS.C10H8OS.HI.Li.H3NO.H2O/c1-9(15(10(2)16)18-11(3)17)14-8-12-6-4-5-7-13(12)19-14;1-7(13(15)11(12)14)10-6-8-4-2-3-5-9(8)16-10;2*1-7(11-12)10-6-8-4-2-3-5-9(8)13-10;1-7(11)10-6-8-4-2-3-5-9(8)12-10;;;1-2;/h4-9H,1-3H3;2-7,15H,1H3,(H2,12,14);2-7,11-12H,1H3;2-6,12H,1H3;2-6H,1H3;1H;;2H,1H2;1H2/q;;;;;;+1;;/p-1/b;;;11-7-;;;;;. The van der Waals surface area contributed by atoms with Crippen molar-refractivity contribution in [1.29, 1.82) is 0 Å². The van der Waals surface area contributed by atoms with Crippen molar-refractivity contribution in [3.8, 4) is 0 Å². The first-order valence-corrected chi connectivity index (χ1v) is 27.1. The van der Waals surface area contributed by atoms with Crippen LogP contribution in [0.1, 0.15) is 95.8 Å². The Morgan fingerprint density at radius 2 is 0.897 bits per heavy atom. The van der Waals surface area contributed by atoms with E-state index in [0.29, 0.717) is 10.8 Å². The van der Waals surface area contributed by atoms with Crippen molar-refractivity contribution in [2.24, 2.45) is 16.8 Å². The van der Waals surface area contributed by atoms with Gasteiger partial charge in [0.05, 0.1) is 27.5 Å². The van der Waals surface area contributed by atoms with Crippen molar-refractivity contribution < 1.29 is 69.2 Å². The third-order valence-electron chi connectivity index (χ3n) is 11.0. The number of primary amides is 1. The number of amides is 3. The molecule has 10 aromatic rings. The molecule has 10 N–H and O–H groups in total. The molecule has 3 atom stereocenters. The van der Waals surface area contributed by atoms with E-state index in [0.717, 1.165) is 55.0 Å². The van der Waals surface area contributed by atoms with Crippen LogP contribution in [0, 0.1) is 0 Å². The largest absolute Gasteiger partial charge is 1.00 e. The van der Waals surface area contributed by atoms with Crippen LogP contribution in [0.3, 0.4) is 0 Å². The van der Waals surface area contributed by atoms with Gasteiger partial charge in [-0.05, 0) is 122 Å². The summed E-state index contributed by atoms with van der Waals surface area (Å²) in [6.07, 6.45) is 0. The monoisotopic (exact) mass is 1260 g/mol. The van der Waals surface area contributed by atoms with E-state index >= 15 is 0 Å². The van der Waals surface area contributed by atoms with Crippen molar-refractivity contribution in [3.05, 3.63) is 176 Å². The summed E-state index contributed by atoms with van der Waals surface area (Å²) < 4.78 is 5.95. The number of fused-ring (bicyclic) bond motifs is 5. The second-order valence-corrected chi connectivity index (χ2v) is 21.9. The molecule has 0 bridgehead atoms. The van der Waals surface area contributed by atoms with Crippen molar-refractivity contribution in [2.75, 3.05) is 0 Å². The summed E-state index contributed by atoms with van der Waals surface area (Å²) in [5.74, 6) is 2.86. The number of nitrogens with zero attached hydrogens (tertiary/aromatic N) is 3. The van der Waals surface area contributed by atoms with Gasteiger partial charge in [0.1, 0.15) is 6.04 Å². The molecule has 5 heterocycles. The smallest absolute Gasteiger partial charge is 0.870 e. The molecule has 16 nitrogen and oxygen atoms in total. The van der Waals surface area contributed by atoms with E-state index in [9.17, 15) is 24.4 Å². The number of ketones is 1. The quantitative estimate of drug-likeness (QED) is 0.0142. The van der Waals surface area contributed by atoms with E-state index in [1.807, 2.05) is 135 Å². The Morgan fingerprint density at radius 3 is 1.23 bits per heavy atom. The van der Waals surface area contributed by atoms with Gasteiger partial charge in [-0.1, -0.05) is 96.2 Å². The molecule has 0 aliphatic carbocycles. The summed E-state index contributed by atoms with van der Waals surface area (Å²) in [4.78, 5) is 54.4. The van der Waals surface area contributed by atoms with Gasteiger partial charge in [-0.25, -0.2) is 10.7 Å². The van der Waals surface area contributed by atoms with Crippen LogP contribution in [0.25, 0.3) is 50.4 Å². The van der Waals surface area contributed by atoms with Crippen LogP contribution in [0.2, 0.25) is 0 Å². The molecule has 0 radical (unpaired) electrons. The van der Waals surface area contributed by atoms with Crippen molar-refractivity contribution >= 4 is 160 Å². The average molecular weight is 1260 g/mol. The number of nitrogens with one attached hydrogen (secondary N) is 1. The van der Waals surface area contributed by atoms with E-state index in [4.69, 9.17) is 26.2 Å². The zero-order valence-electron chi connectivity index (χ0n) is 43.9. The SMILES string of the molecule is C/C(=N/O)c1cc2ccccc2s1.CC(=O)ON(C(C)=O)C(C)c1cc2ccccc2s1.CC(=O)c1cc2ccccc2s1.CC(NO)c1cc2ccccc2s1.CC(c1cc2ccccc2s1)N(O)C(N)=O.I.NO.[Li+].[OH-]. The Hall–Kier alpha value is -5.66. The number of nitrogens with two attached hydrogens (primary N) is 2. The second kappa shape index (κ2) is 33.7. The molecular formula is C55H60ILiN6O10S5. The fourth-order valence-corrected chi connectivity index (χ4v) is 12.3. The Kier molecular flexibility index (Phi) is 29.6. The van der Waals surface area contributed by atoms with Crippen LogP contribution in [0.4, 0.5) is 4.79 Å². The Morgan fingerprint density at radius 1 is 0.564 bits per heavy atom. The summed E-state index contributed by atoms with van der Waals surface area (Å²) in [5, 5.41) is 44.0. The molecule has 0 fully saturated rings. The topological polar surface area (TPSA) is 271 Å². The summed E-state index contributed by atoms with van der Waals surface area (Å²) in [6.45, 7) is 11.6. The number of oxime groups is 1. The Labute approximate surface area is 500 Å². The number of urea groups is 1. The molecule has 0 spiro atoms. The molecule has 78 heavy (non-hydrogen) atoms. The zero-order chi connectivity index (χ0) is 54.8. The molecule has 10 rings (SSSR count). The van der Waals surface area contributed by atoms with E-state index in [1.165, 1.54) is 38.7 Å². The van der Waals surface area contributed by atoms with Crippen molar-refractivity contribution in [3.63, 3.8) is 0 Å². The van der Waals surface area contributed by atoms with Crippen LogP contribution in [0.5, 0.6) is 0 Å². The first-order chi connectivity index (χ1) is 36.0. The number of carbonyl (C=O) groups is 4. The van der Waals surface area contributed by atoms with Gasteiger partial charge in [-0.15, -0.1) is 80.7 Å². The van der Waals surface area contributed by atoms with Gasteiger partial charge < -0.3 is 31.7 Å². The molecule has 0 aliphatic rings.